The first-order valence-electron chi connectivity index (χ1n) is 3.94. The average molecular weight is 331 g/mol. The minimum atomic E-state index is 0.750. The van der Waals surface area contributed by atoms with Gasteiger partial charge in [-0.1, -0.05) is 28.1 Å². The third-order valence-electron chi connectivity index (χ3n) is 2.01. The lowest BCUT2D eigenvalue weighted by Crippen LogP contribution is -1.80. The van der Waals surface area contributed by atoms with E-state index in [0.29, 0.717) is 0 Å². The molecule has 0 bridgehead atoms. The highest BCUT2D eigenvalue weighted by atomic mass is 79.9. The summed E-state index contributed by atoms with van der Waals surface area (Å²) in [6.07, 6.45) is 0. The lowest BCUT2D eigenvalue weighted by atomic mass is 10.1. The number of halogens is 2. The predicted octanol–water partition coefficient (Wildman–Crippen LogP) is 4.43. The second-order valence-corrected chi connectivity index (χ2v) is 5.72. The monoisotopic (exact) mass is 329 g/mol. The molecule has 0 atom stereocenters. The zero-order valence-corrected chi connectivity index (χ0v) is 11.0. The fraction of sp³-hybridized carbons (Fsp3) is 0.100. The Balaban J connectivity index is 2.91. The number of hydrogen-bond acceptors (Lipinski definition) is 2. The summed E-state index contributed by atoms with van der Waals surface area (Å²) in [5, 5.41) is 10.9. The summed E-state index contributed by atoms with van der Waals surface area (Å²) in [6.45, 7) is 0. The van der Waals surface area contributed by atoms with Crippen LogP contribution in [-0.4, -0.2) is 0 Å². The van der Waals surface area contributed by atoms with Crippen molar-refractivity contribution < 1.29 is 0 Å². The third kappa shape index (κ3) is 1.50. The van der Waals surface area contributed by atoms with Crippen molar-refractivity contribution in [2.75, 3.05) is 0 Å². The minimum Gasteiger partial charge on any atom is -0.192 e. The molecule has 14 heavy (non-hydrogen) atoms. The van der Waals surface area contributed by atoms with Crippen LogP contribution in [0.4, 0.5) is 0 Å². The average Bonchev–Trinajstić information content (AvgIpc) is 2.52. The molecule has 0 N–H and O–H groups in total. The van der Waals surface area contributed by atoms with Gasteiger partial charge in [-0.3, -0.25) is 0 Å². The highest BCUT2D eigenvalue weighted by molar-refractivity contribution is 9.11. The Morgan fingerprint density at radius 3 is 2.86 bits per heavy atom. The Bertz CT molecular complexity index is 525. The fourth-order valence-corrected chi connectivity index (χ4v) is 3.60. The van der Waals surface area contributed by atoms with Crippen molar-refractivity contribution in [2.24, 2.45) is 0 Å². The van der Waals surface area contributed by atoms with E-state index in [9.17, 15) is 0 Å². The molecule has 0 saturated heterocycles. The molecule has 0 saturated carbocycles. The summed E-state index contributed by atoms with van der Waals surface area (Å²) >= 11 is 8.45. The molecule has 70 valence electrons. The van der Waals surface area contributed by atoms with Gasteiger partial charge in [-0.2, -0.15) is 5.26 Å². The molecule has 1 heterocycles. The first-order chi connectivity index (χ1) is 6.77. The van der Waals surface area contributed by atoms with Crippen molar-refractivity contribution in [3.05, 3.63) is 33.1 Å². The number of nitrogens with zero attached hydrogens (tertiary/aromatic N) is 1. The molecule has 1 nitrogen and oxygen atoms in total. The van der Waals surface area contributed by atoms with Crippen LogP contribution in [0.15, 0.2) is 22.0 Å². The van der Waals surface area contributed by atoms with Crippen LogP contribution in [0.5, 0.6) is 0 Å². The molecule has 0 aliphatic heterocycles. The van der Waals surface area contributed by atoms with Gasteiger partial charge in [0.15, 0.2) is 0 Å². The number of nitriles is 1. The maximum absolute atomic E-state index is 9.04. The van der Waals surface area contributed by atoms with Gasteiger partial charge in [0.25, 0.3) is 0 Å². The molecule has 0 spiro atoms. The quantitative estimate of drug-likeness (QED) is 0.709. The van der Waals surface area contributed by atoms with Gasteiger partial charge < -0.3 is 0 Å². The number of thiophene rings is 1. The minimum absolute atomic E-state index is 0.750. The summed E-state index contributed by atoms with van der Waals surface area (Å²) in [5.41, 5.74) is 1.92. The summed E-state index contributed by atoms with van der Waals surface area (Å²) < 4.78 is 2.08. The zero-order valence-electron chi connectivity index (χ0n) is 7.05. The Morgan fingerprint density at radius 2 is 2.21 bits per heavy atom. The second-order valence-electron chi connectivity index (χ2n) is 2.79. The first-order valence-corrected chi connectivity index (χ1v) is 6.67. The number of alkyl halides is 1. The van der Waals surface area contributed by atoms with Gasteiger partial charge in [0.1, 0.15) is 6.07 Å². The smallest absolute Gasteiger partial charge is 0.102 e. The van der Waals surface area contributed by atoms with Gasteiger partial charge in [0.05, 0.1) is 9.35 Å². The van der Waals surface area contributed by atoms with E-state index >= 15 is 0 Å². The molecule has 4 heteroatoms. The molecule has 0 fully saturated rings. The summed E-state index contributed by atoms with van der Waals surface area (Å²) in [4.78, 5) is 0. The van der Waals surface area contributed by atoms with Crippen molar-refractivity contribution in [2.45, 2.75) is 5.33 Å². The molecule has 0 unspecified atom stereocenters. The van der Waals surface area contributed by atoms with Crippen LogP contribution in [0, 0.1) is 11.3 Å². The van der Waals surface area contributed by atoms with E-state index in [1.165, 1.54) is 5.56 Å². The van der Waals surface area contributed by atoms with Crippen LogP contribution in [0.1, 0.15) is 11.1 Å². The Morgan fingerprint density at radius 1 is 1.43 bits per heavy atom. The van der Waals surface area contributed by atoms with Crippen LogP contribution in [0.2, 0.25) is 0 Å². The van der Waals surface area contributed by atoms with Crippen molar-refractivity contribution >= 4 is 53.3 Å². The molecule has 0 amide bonds. The van der Waals surface area contributed by atoms with Gasteiger partial charge in [0, 0.05) is 15.4 Å². The van der Waals surface area contributed by atoms with Crippen molar-refractivity contribution in [3.8, 4) is 6.07 Å². The molecular weight excluding hydrogens is 326 g/mol. The van der Waals surface area contributed by atoms with Crippen LogP contribution in [0.25, 0.3) is 10.1 Å². The van der Waals surface area contributed by atoms with Gasteiger partial charge in [0.2, 0.25) is 0 Å². The van der Waals surface area contributed by atoms with Crippen LogP contribution in [-0.2, 0) is 5.33 Å². The maximum Gasteiger partial charge on any atom is 0.102 e. The molecule has 0 aliphatic rings. The van der Waals surface area contributed by atoms with Gasteiger partial charge in [-0.15, -0.1) is 11.3 Å². The number of benzene rings is 1. The molecule has 1 aromatic heterocycles. The standard InChI is InChI=1S/C10H5Br2NS/c11-4-6-2-1-3-8-9(6)7(5-13)10(12)14-8/h1-3H,4H2. The normalized spacial score (nSPS) is 10.4. The zero-order chi connectivity index (χ0) is 10.1. The van der Waals surface area contributed by atoms with Gasteiger partial charge >= 0.3 is 0 Å². The van der Waals surface area contributed by atoms with Crippen LogP contribution >= 0.6 is 43.2 Å². The Hall–Kier alpha value is -0.370. The summed E-state index contributed by atoms with van der Waals surface area (Å²) in [7, 11) is 0. The topological polar surface area (TPSA) is 23.8 Å². The predicted molar refractivity (Wildman–Crippen MR) is 66.9 cm³/mol. The van der Waals surface area contributed by atoms with Crippen LogP contribution < -0.4 is 0 Å². The van der Waals surface area contributed by atoms with E-state index < -0.39 is 0 Å². The number of rotatable bonds is 1. The van der Waals surface area contributed by atoms with E-state index in [2.05, 4.69) is 37.9 Å². The summed E-state index contributed by atoms with van der Waals surface area (Å²) in [5.74, 6) is 0. The van der Waals surface area contributed by atoms with Crippen LogP contribution in [0.3, 0.4) is 0 Å². The van der Waals surface area contributed by atoms with E-state index in [1.54, 1.807) is 11.3 Å². The molecule has 1 aromatic carbocycles. The maximum atomic E-state index is 9.04. The van der Waals surface area contributed by atoms with E-state index in [0.717, 1.165) is 24.8 Å². The lowest BCUT2D eigenvalue weighted by Gasteiger charge is -1.97. The largest absolute Gasteiger partial charge is 0.192 e. The molecule has 0 aliphatic carbocycles. The Kier molecular flexibility index (Phi) is 2.91. The SMILES string of the molecule is N#Cc1c(Br)sc2cccc(CBr)c12. The number of fused-ring (bicyclic) bond motifs is 1. The molecular formula is C10H5Br2NS. The van der Waals surface area contributed by atoms with E-state index in [4.69, 9.17) is 5.26 Å². The molecule has 0 radical (unpaired) electrons. The summed E-state index contributed by atoms with van der Waals surface area (Å²) in [6, 6.07) is 8.33. The van der Waals surface area contributed by atoms with E-state index in [-0.39, 0.29) is 0 Å². The fourth-order valence-electron chi connectivity index (χ4n) is 1.40. The first kappa shape index (κ1) is 10.2. The van der Waals surface area contributed by atoms with Gasteiger partial charge in [-0.05, 0) is 27.6 Å². The third-order valence-corrected chi connectivity index (χ3v) is 4.44. The number of hydrogen-bond donors (Lipinski definition) is 0. The van der Waals surface area contributed by atoms with Crippen molar-refractivity contribution in [1.82, 2.24) is 0 Å². The highest BCUT2D eigenvalue weighted by Crippen LogP contribution is 2.37. The van der Waals surface area contributed by atoms with Crippen molar-refractivity contribution in [1.29, 1.82) is 5.26 Å². The molecule has 2 rings (SSSR count). The van der Waals surface area contributed by atoms with Crippen molar-refractivity contribution in [3.63, 3.8) is 0 Å². The van der Waals surface area contributed by atoms with Gasteiger partial charge in [-0.25, -0.2) is 0 Å². The molecule has 2 aromatic rings. The van der Waals surface area contributed by atoms with E-state index in [1.807, 2.05) is 18.2 Å². The Labute approximate surface area is 103 Å². The second kappa shape index (κ2) is 4.01. The lowest BCUT2D eigenvalue weighted by molar-refractivity contribution is 1.47. The highest BCUT2D eigenvalue weighted by Gasteiger charge is 2.12.